The third-order valence-corrected chi connectivity index (χ3v) is 3.77. The van der Waals surface area contributed by atoms with Crippen molar-refractivity contribution < 1.29 is 9.53 Å². The molecule has 0 radical (unpaired) electrons. The van der Waals surface area contributed by atoms with Gasteiger partial charge in [0.05, 0.1) is 0 Å². The molecule has 0 aliphatic heterocycles. The van der Waals surface area contributed by atoms with Gasteiger partial charge in [0.15, 0.2) is 0 Å². The molecule has 0 amide bonds. The van der Waals surface area contributed by atoms with Crippen molar-refractivity contribution in [3.05, 3.63) is 72.1 Å². The number of fused-ring (bicyclic) bond motifs is 1. The molecule has 0 spiro atoms. The molecule has 1 aromatic heterocycles. The second kappa shape index (κ2) is 5.84. The van der Waals surface area contributed by atoms with Gasteiger partial charge >= 0.3 is 5.97 Å². The highest BCUT2D eigenvalue weighted by Crippen LogP contribution is 2.24. The molecule has 2 aromatic carbocycles. The Morgan fingerprint density at radius 3 is 2.26 bits per heavy atom. The van der Waals surface area contributed by atoms with Crippen LogP contribution in [0.3, 0.4) is 0 Å². The zero-order chi connectivity index (χ0) is 16.4. The molecule has 3 nitrogen and oxygen atoms in total. The Hall–Kier alpha value is -2.68. The van der Waals surface area contributed by atoms with Crippen LogP contribution >= 0.6 is 0 Å². The lowest BCUT2D eigenvalue weighted by Crippen LogP contribution is -2.12. The van der Waals surface area contributed by atoms with E-state index in [4.69, 9.17) is 4.74 Å². The lowest BCUT2D eigenvalue weighted by atomic mass is 9.87. The number of esters is 1. The van der Waals surface area contributed by atoms with Gasteiger partial charge in [0.1, 0.15) is 11.4 Å². The Bertz CT molecular complexity index is 845. The van der Waals surface area contributed by atoms with Gasteiger partial charge in [-0.1, -0.05) is 57.2 Å². The van der Waals surface area contributed by atoms with Crippen LogP contribution in [0.15, 0.2) is 60.8 Å². The van der Waals surface area contributed by atoms with Crippen molar-refractivity contribution in [2.24, 2.45) is 0 Å². The fraction of sp³-hybridized carbons (Fsp3) is 0.200. The minimum absolute atomic E-state index is 0.0719. The predicted molar refractivity (Wildman–Crippen MR) is 91.8 cm³/mol. The molecule has 0 atom stereocenters. The third kappa shape index (κ3) is 3.39. The summed E-state index contributed by atoms with van der Waals surface area (Å²) in [4.78, 5) is 16.4. The van der Waals surface area contributed by atoms with Crippen molar-refractivity contribution in [2.45, 2.75) is 26.2 Å². The molecule has 0 saturated heterocycles. The lowest BCUT2D eigenvalue weighted by molar-refractivity contribution is 0.0729. The van der Waals surface area contributed by atoms with Crippen molar-refractivity contribution in [3.8, 4) is 5.75 Å². The van der Waals surface area contributed by atoms with E-state index < -0.39 is 5.97 Å². The maximum Gasteiger partial charge on any atom is 0.362 e. The Kier molecular flexibility index (Phi) is 3.87. The number of hydrogen-bond donors (Lipinski definition) is 0. The number of pyridine rings is 1. The SMILES string of the molecule is CC(C)(C)c1ccc(OC(=O)c2cc3ccccc3cn2)cc1. The van der Waals surface area contributed by atoms with Crippen molar-refractivity contribution in [3.63, 3.8) is 0 Å². The maximum absolute atomic E-state index is 12.3. The molecule has 23 heavy (non-hydrogen) atoms. The van der Waals surface area contributed by atoms with Crippen LogP contribution in [0.25, 0.3) is 10.8 Å². The molecular formula is C20H19NO2. The predicted octanol–water partition coefficient (Wildman–Crippen LogP) is 4.75. The number of ether oxygens (including phenoxy) is 1. The van der Waals surface area contributed by atoms with E-state index in [1.165, 1.54) is 5.56 Å². The zero-order valence-electron chi connectivity index (χ0n) is 13.5. The summed E-state index contributed by atoms with van der Waals surface area (Å²) in [6, 6.07) is 17.1. The lowest BCUT2D eigenvalue weighted by Gasteiger charge is -2.18. The second-order valence-corrected chi connectivity index (χ2v) is 6.58. The Morgan fingerprint density at radius 2 is 1.61 bits per heavy atom. The molecule has 116 valence electrons. The van der Waals surface area contributed by atoms with Crippen LogP contribution in [-0.4, -0.2) is 11.0 Å². The standard InChI is InChI=1S/C20H19NO2/c1-20(2,3)16-8-10-17(11-9-16)23-19(22)18-12-14-6-4-5-7-15(14)13-21-18/h4-13H,1-3H3. The van der Waals surface area contributed by atoms with E-state index in [0.717, 1.165) is 10.8 Å². The fourth-order valence-corrected chi connectivity index (χ4v) is 2.38. The number of aromatic nitrogens is 1. The van der Waals surface area contributed by atoms with E-state index in [0.29, 0.717) is 11.4 Å². The van der Waals surface area contributed by atoms with E-state index in [1.54, 1.807) is 12.3 Å². The molecule has 0 aliphatic carbocycles. The first-order chi connectivity index (χ1) is 10.9. The van der Waals surface area contributed by atoms with Crippen molar-refractivity contribution in [1.29, 1.82) is 0 Å². The number of carbonyl (C=O) groups excluding carboxylic acids is 1. The van der Waals surface area contributed by atoms with Gasteiger partial charge in [0, 0.05) is 11.6 Å². The largest absolute Gasteiger partial charge is 0.422 e. The topological polar surface area (TPSA) is 39.2 Å². The number of rotatable bonds is 2. The minimum atomic E-state index is -0.445. The first kappa shape index (κ1) is 15.2. The summed E-state index contributed by atoms with van der Waals surface area (Å²) in [5, 5.41) is 1.97. The fourth-order valence-electron chi connectivity index (χ4n) is 2.38. The highest BCUT2D eigenvalue weighted by molar-refractivity contribution is 5.94. The Morgan fingerprint density at radius 1 is 0.957 bits per heavy atom. The summed E-state index contributed by atoms with van der Waals surface area (Å²) < 4.78 is 5.42. The van der Waals surface area contributed by atoms with Gasteiger partial charge in [-0.05, 0) is 34.6 Å². The molecule has 1 heterocycles. The third-order valence-electron chi connectivity index (χ3n) is 3.77. The van der Waals surface area contributed by atoms with Crippen molar-refractivity contribution >= 4 is 16.7 Å². The van der Waals surface area contributed by atoms with Crippen LogP contribution in [-0.2, 0) is 5.41 Å². The molecule has 0 bridgehead atoms. The van der Waals surface area contributed by atoms with E-state index in [2.05, 4.69) is 25.8 Å². The van der Waals surface area contributed by atoms with Crippen LogP contribution in [0.1, 0.15) is 36.8 Å². The van der Waals surface area contributed by atoms with Crippen LogP contribution in [0, 0.1) is 0 Å². The van der Waals surface area contributed by atoms with Crippen molar-refractivity contribution in [2.75, 3.05) is 0 Å². The van der Waals surface area contributed by atoms with Crippen LogP contribution < -0.4 is 4.74 Å². The molecule has 0 N–H and O–H groups in total. The number of hydrogen-bond acceptors (Lipinski definition) is 3. The summed E-state index contributed by atoms with van der Waals surface area (Å²) >= 11 is 0. The van der Waals surface area contributed by atoms with Gasteiger partial charge in [-0.2, -0.15) is 0 Å². The molecule has 0 aliphatic rings. The number of benzene rings is 2. The molecule has 3 heteroatoms. The minimum Gasteiger partial charge on any atom is -0.422 e. The highest BCUT2D eigenvalue weighted by atomic mass is 16.5. The van der Waals surface area contributed by atoms with E-state index >= 15 is 0 Å². The average Bonchev–Trinajstić information content (AvgIpc) is 2.54. The molecule has 0 fully saturated rings. The number of carbonyl (C=O) groups is 1. The average molecular weight is 305 g/mol. The van der Waals surface area contributed by atoms with Gasteiger partial charge in [0.2, 0.25) is 0 Å². The van der Waals surface area contributed by atoms with Gasteiger partial charge in [-0.25, -0.2) is 9.78 Å². The van der Waals surface area contributed by atoms with Crippen LogP contribution in [0.5, 0.6) is 5.75 Å². The highest BCUT2D eigenvalue weighted by Gasteiger charge is 2.15. The molecule has 3 aromatic rings. The first-order valence-electron chi connectivity index (χ1n) is 7.61. The van der Waals surface area contributed by atoms with Gasteiger partial charge in [0.25, 0.3) is 0 Å². The molecule has 3 rings (SSSR count). The smallest absolute Gasteiger partial charge is 0.362 e. The summed E-state index contributed by atoms with van der Waals surface area (Å²) in [6.07, 6.45) is 1.69. The first-order valence-corrected chi connectivity index (χ1v) is 7.61. The molecular weight excluding hydrogens is 286 g/mol. The quantitative estimate of drug-likeness (QED) is 0.506. The summed E-state index contributed by atoms with van der Waals surface area (Å²) in [5.41, 5.74) is 1.58. The number of nitrogens with zero attached hydrogens (tertiary/aromatic N) is 1. The Labute approximate surface area is 135 Å². The normalized spacial score (nSPS) is 11.4. The van der Waals surface area contributed by atoms with E-state index in [9.17, 15) is 4.79 Å². The van der Waals surface area contributed by atoms with Crippen LogP contribution in [0.2, 0.25) is 0 Å². The summed E-state index contributed by atoms with van der Waals surface area (Å²) in [6.45, 7) is 6.44. The zero-order valence-corrected chi connectivity index (χ0v) is 13.5. The molecule has 0 saturated carbocycles. The van der Waals surface area contributed by atoms with E-state index in [1.807, 2.05) is 48.5 Å². The summed E-state index contributed by atoms with van der Waals surface area (Å²) in [7, 11) is 0. The van der Waals surface area contributed by atoms with Gasteiger partial charge in [-0.3, -0.25) is 0 Å². The second-order valence-electron chi connectivity index (χ2n) is 6.58. The monoisotopic (exact) mass is 305 g/mol. The molecule has 0 unspecified atom stereocenters. The van der Waals surface area contributed by atoms with Crippen LogP contribution in [0.4, 0.5) is 0 Å². The van der Waals surface area contributed by atoms with Crippen molar-refractivity contribution in [1.82, 2.24) is 4.98 Å². The van der Waals surface area contributed by atoms with E-state index in [-0.39, 0.29) is 5.41 Å². The van der Waals surface area contributed by atoms with Gasteiger partial charge in [-0.15, -0.1) is 0 Å². The maximum atomic E-state index is 12.3. The Balaban J connectivity index is 1.80. The van der Waals surface area contributed by atoms with Gasteiger partial charge < -0.3 is 4.74 Å². The summed E-state index contributed by atoms with van der Waals surface area (Å²) in [5.74, 6) is 0.0808.